The number of ether oxygens (including phenoxy) is 3. The van der Waals surface area contributed by atoms with Crippen molar-refractivity contribution in [3.63, 3.8) is 0 Å². The number of rotatable bonds is 22. The zero-order valence-electron chi connectivity index (χ0n) is 74.0. The Morgan fingerprint density at radius 2 is 0.712 bits per heavy atom. The van der Waals surface area contributed by atoms with Gasteiger partial charge in [-0.15, -0.1) is 0 Å². The Labute approximate surface area is 815 Å². The van der Waals surface area contributed by atoms with Crippen molar-refractivity contribution in [3.8, 4) is 79.0 Å². The standard InChI is InChI=1S/C19H17ClF2N2O4.C17H14ClFN2O4.C16H14ClFN2O4.C16H12ClFN2O3.C14H10ClFN2O2.C13H10ClFN2O2/c1-9(21)12-15(24-18(27)28-19(2,3)4)13(22)14(23-16(12)17(25)26)10-5-7-11(20)8-6-10;1-4-9-12(20-8(2)22)7-13(21-15(9)17(23)24)10-5-6-11(18)16(25-3)14(10)19;1-7-11(19-8(2)21)6-12(20-14(7)16(22)23)9-4-5-10(17)15(24-3)13(9)18;1-3-10-13(19-8(2)21)7-14(20-15(10)16(22)23)11-5-4-9(17)6-12(11)18;1-2-9-11(17)10(16)12(18-13(9)14(19)20)7-3-5-8(15)6-4-7;1-6-10(16)9(15)12(17-11(6)13(18)19)7-2-4-8(14)5-3-7/h5-8H,1H2,2-4H3,(H,25,26)(H,23,24,27);4-7H,1H2,2-3H3,(H,23,24)(H,20,21,22);4-6H,1-3H3,(H,22,23)(H,19,20,21);3-7H,1H2,2H3,(H,22,23)(H,19,20,21);2-6H,1H2,(H2,17,18)(H,19,20);2-5H,1H3,(H2,16,17)(H,18,19). The molecule has 0 unspecified atom stereocenters. The number of aromatic nitrogens is 6. The number of carboxylic acid groups (broad SMARTS) is 6. The maximum Gasteiger partial charge on any atom is 0.412 e. The SMILES string of the molecule is C=C(F)c1c(C(=O)O)nc(-c2ccc(Cl)cc2)c(F)c1NC(=O)OC(C)(C)C.C=Cc1c(C(=O)O)nc(-c2ccc(Cl)cc2)c(F)c1N.C=Cc1c(NC(C)=O)cc(-c2ccc(Cl)c(OC)c2F)nc1C(=O)O.C=Cc1c(NC(C)=O)cc(-c2ccc(Cl)cc2F)nc1C(=O)O.COc1c(Cl)ccc(-c2cc(NC(C)=O)c(C)c(C(=O)O)n2)c1F.Cc1c(C(=O)O)nc(-c2ccc(Cl)cc2)c(F)c1N. The highest BCUT2D eigenvalue weighted by atomic mass is 35.5. The molecule has 12 aromatic rings. The monoisotopic (exact) mass is 2030 g/mol. The molecule has 14 N–H and O–H groups in total. The first-order valence-corrected chi connectivity index (χ1v) is 41.5. The van der Waals surface area contributed by atoms with Gasteiger partial charge in [0.2, 0.25) is 17.7 Å². The molecule has 0 atom stereocenters. The summed E-state index contributed by atoms with van der Waals surface area (Å²) in [5.41, 5.74) is 7.50. The Balaban J connectivity index is 0.000000228. The molecule has 0 saturated carbocycles. The second-order valence-electron chi connectivity index (χ2n) is 29.2. The maximum absolute atomic E-state index is 15.1. The van der Waals surface area contributed by atoms with Gasteiger partial charge in [0.15, 0.2) is 74.7 Å². The third-order valence-corrected chi connectivity index (χ3v) is 20.0. The van der Waals surface area contributed by atoms with Gasteiger partial charge in [0.05, 0.1) is 75.3 Å². The lowest BCUT2D eigenvalue weighted by Gasteiger charge is -2.21. The lowest BCUT2D eigenvalue weighted by atomic mass is 10.0. The van der Waals surface area contributed by atoms with E-state index in [4.69, 9.17) is 105 Å². The summed E-state index contributed by atoms with van der Waals surface area (Å²) in [5.74, 6) is -15.9. The van der Waals surface area contributed by atoms with Crippen LogP contribution in [-0.2, 0) is 19.1 Å². The molecule has 31 nitrogen and oxygen atoms in total. The fraction of sp³-hybridized carbons (Fsp3) is 0.116. The van der Waals surface area contributed by atoms with E-state index < -0.39 is 123 Å². The highest BCUT2D eigenvalue weighted by Gasteiger charge is 2.32. The van der Waals surface area contributed by atoms with E-state index in [-0.39, 0.29) is 168 Å². The number of nitrogens with two attached hydrogens (primary N) is 2. The predicted octanol–water partition coefficient (Wildman–Crippen LogP) is 23.3. The number of halogens is 13. The van der Waals surface area contributed by atoms with Gasteiger partial charge in [-0.3, -0.25) is 19.7 Å². The summed E-state index contributed by atoms with van der Waals surface area (Å²) < 4.78 is 116. The molecule has 0 aliphatic heterocycles. The van der Waals surface area contributed by atoms with E-state index in [0.717, 1.165) is 6.07 Å². The van der Waals surface area contributed by atoms with E-state index in [2.05, 4.69) is 77.5 Å². The van der Waals surface area contributed by atoms with Gasteiger partial charge >= 0.3 is 41.9 Å². The van der Waals surface area contributed by atoms with Gasteiger partial charge in [0.25, 0.3) is 0 Å². The minimum Gasteiger partial charge on any atom is -0.492 e. The molecule has 6 heterocycles. The quantitative estimate of drug-likeness (QED) is 0.0280. The number of nitrogens with zero attached hydrogens (tertiary/aromatic N) is 6. The Hall–Kier alpha value is -15.9. The molecule has 12 rings (SSSR count). The van der Waals surface area contributed by atoms with Gasteiger partial charge in [-0.25, -0.2) is 94.2 Å². The third kappa shape index (κ3) is 27.7. The first-order chi connectivity index (χ1) is 65.1. The van der Waals surface area contributed by atoms with Gasteiger partial charge in [0, 0.05) is 108 Å². The number of carboxylic acids is 6. The fourth-order valence-corrected chi connectivity index (χ4v) is 13.2. The van der Waals surface area contributed by atoms with E-state index in [0.29, 0.717) is 26.2 Å². The first kappa shape index (κ1) is 110. The molecule has 722 valence electrons. The van der Waals surface area contributed by atoms with Crippen LogP contribution >= 0.6 is 69.6 Å². The Morgan fingerprint density at radius 1 is 0.396 bits per heavy atom. The minimum atomic E-state index is -1.63. The number of aromatic carboxylic acids is 6. The number of methoxy groups -OCH3 is 2. The number of hydrogen-bond donors (Lipinski definition) is 12. The average molecular weight is 2040 g/mol. The zero-order chi connectivity index (χ0) is 104. The molecular formula is C95H77Cl6F7N12O19. The molecule has 0 spiro atoms. The van der Waals surface area contributed by atoms with Crippen LogP contribution in [0.25, 0.3) is 91.6 Å². The molecule has 44 heteroatoms. The smallest absolute Gasteiger partial charge is 0.412 e. The Morgan fingerprint density at radius 3 is 1.06 bits per heavy atom. The first-order valence-electron chi connectivity index (χ1n) is 39.2. The molecule has 6 aromatic heterocycles. The van der Waals surface area contributed by atoms with Crippen molar-refractivity contribution in [3.05, 3.63) is 292 Å². The minimum absolute atomic E-state index is 0.000725. The van der Waals surface area contributed by atoms with Crippen LogP contribution < -0.4 is 42.2 Å². The second kappa shape index (κ2) is 48.0. The van der Waals surface area contributed by atoms with Crippen LogP contribution in [0.5, 0.6) is 11.5 Å². The summed E-state index contributed by atoms with van der Waals surface area (Å²) in [6.45, 7) is 25.0. The summed E-state index contributed by atoms with van der Waals surface area (Å²) in [6, 6.07) is 31.7. The van der Waals surface area contributed by atoms with Crippen LogP contribution in [0, 0.1) is 48.8 Å². The van der Waals surface area contributed by atoms with Crippen LogP contribution in [0.15, 0.2) is 160 Å². The second-order valence-corrected chi connectivity index (χ2v) is 31.8. The zero-order valence-corrected chi connectivity index (χ0v) is 78.5. The molecule has 139 heavy (non-hydrogen) atoms. The number of carbonyl (C=O) groups excluding carboxylic acids is 4. The van der Waals surface area contributed by atoms with Crippen molar-refractivity contribution in [1.82, 2.24) is 29.9 Å². The summed E-state index contributed by atoms with van der Waals surface area (Å²) in [4.78, 5) is 138. The summed E-state index contributed by atoms with van der Waals surface area (Å²) >= 11 is 34.7. The number of hydrogen-bond acceptors (Lipinski definition) is 21. The fourth-order valence-electron chi connectivity index (χ4n) is 12.3. The van der Waals surface area contributed by atoms with Crippen LogP contribution in [0.1, 0.15) is 138 Å². The molecule has 4 amide bonds. The largest absolute Gasteiger partial charge is 0.492 e. The average Bonchev–Trinajstić information content (AvgIpc) is 0.759. The van der Waals surface area contributed by atoms with E-state index in [1.54, 1.807) is 57.2 Å². The van der Waals surface area contributed by atoms with Crippen molar-refractivity contribution in [2.45, 2.75) is 61.0 Å². The number of carbonyl (C=O) groups is 10. The Kier molecular flexibility index (Phi) is 38.1. The number of amides is 4. The van der Waals surface area contributed by atoms with Crippen molar-refractivity contribution in [1.29, 1.82) is 0 Å². The molecule has 0 radical (unpaired) electrons. The molecule has 0 aliphatic rings. The number of nitrogens with one attached hydrogen (secondary N) is 4. The van der Waals surface area contributed by atoms with Crippen LogP contribution in [-0.4, -0.2) is 140 Å². The van der Waals surface area contributed by atoms with Crippen molar-refractivity contribution >= 4 is 187 Å². The lowest BCUT2D eigenvalue weighted by Crippen LogP contribution is -2.28. The highest BCUT2D eigenvalue weighted by molar-refractivity contribution is 6.33. The van der Waals surface area contributed by atoms with Crippen molar-refractivity contribution in [2.75, 3.05) is 47.0 Å². The van der Waals surface area contributed by atoms with Gasteiger partial charge < -0.3 is 72.3 Å². The van der Waals surface area contributed by atoms with Crippen LogP contribution in [0.3, 0.4) is 0 Å². The van der Waals surface area contributed by atoms with Gasteiger partial charge in [0.1, 0.15) is 34.3 Å². The third-order valence-electron chi connectivity index (χ3n) is 18.4. The number of pyridine rings is 6. The highest BCUT2D eigenvalue weighted by Crippen LogP contribution is 2.42. The molecule has 0 aliphatic carbocycles. The van der Waals surface area contributed by atoms with Crippen molar-refractivity contribution < 1.29 is 124 Å². The summed E-state index contributed by atoms with van der Waals surface area (Å²) in [6.07, 6.45) is 2.59. The topological polar surface area (TPSA) is 497 Å². The van der Waals surface area contributed by atoms with E-state index in [1.165, 1.54) is 158 Å². The Bertz CT molecular complexity index is 6960. The van der Waals surface area contributed by atoms with Crippen LogP contribution in [0.4, 0.5) is 69.7 Å². The molecule has 0 bridgehead atoms. The van der Waals surface area contributed by atoms with E-state index in [9.17, 15) is 94.7 Å². The number of anilines is 6. The number of benzene rings is 6. The van der Waals surface area contributed by atoms with Crippen molar-refractivity contribution in [2.24, 2.45) is 0 Å². The van der Waals surface area contributed by atoms with Gasteiger partial charge in [-0.05, 0) is 132 Å². The summed E-state index contributed by atoms with van der Waals surface area (Å²) in [7, 11) is 2.52. The van der Waals surface area contributed by atoms with Gasteiger partial charge in [-0.1, -0.05) is 151 Å². The maximum atomic E-state index is 15.1. The molecule has 6 aromatic carbocycles. The van der Waals surface area contributed by atoms with E-state index >= 15 is 4.39 Å². The molecular weight excluding hydrogens is 1960 g/mol. The van der Waals surface area contributed by atoms with Crippen LogP contribution in [0.2, 0.25) is 30.1 Å². The molecule has 0 saturated heterocycles. The summed E-state index contributed by atoms with van der Waals surface area (Å²) in [5, 5.41) is 66.8. The lowest BCUT2D eigenvalue weighted by molar-refractivity contribution is -0.115. The van der Waals surface area contributed by atoms with Gasteiger partial charge in [-0.2, -0.15) is 0 Å². The predicted molar refractivity (Wildman–Crippen MR) is 514 cm³/mol. The molecule has 0 fully saturated rings. The van der Waals surface area contributed by atoms with E-state index in [1.807, 2.05) is 0 Å². The number of nitrogen functional groups attached to an aromatic ring is 2. The normalized spacial score (nSPS) is 10.5.